The van der Waals surface area contributed by atoms with Gasteiger partial charge >= 0.3 is 0 Å². The van der Waals surface area contributed by atoms with E-state index in [1.165, 1.54) is 7.11 Å². The van der Waals surface area contributed by atoms with Crippen molar-refractivity contribution in [3.05, 3.63) is 82.1 Å². The highest BCUT2D eigenvalue weighted by molar-refractivity contribution is 9.10. The number of halogens is 1. The lowest BCUT2D eigenvalue weighted by Crippen LogP contribution is -2.20. The first-order chi connectivity index (χ1) is 16.5. The molecule has 1 heterocycles. The number of benzene rings is 3. The number of anilines is 1. The molecule has 2 N–H and O–H groups in total. The van der Waals surface area contributed by atoms with Gasteiger partial charge in [0.1, 0.15) is 11.9 Å². The summed E-state index contributed by atoms with van der Waals surface area (Å²) in [4.78, 5) is 20.0. The van der Waals surface area contributed by atoms with Crippen LogP contribution in [0.2, 0.25) is 0 Å². The summed E-state index contributed by atoms with van der Waals surface area (Å²) in [5.74, 6) is 0.998. The van der Waals surface area contributed by atoms with Crippen molar-refractivity contribution >= 4 is 50.2 Å². The maximum atomic E-state index is 12.3. The molecular weight excluding hydrogens is 496 g/mol. The van der Waals surface area contributed by atoms with Crippen LogP contribution in [0.15, 0.2) is 65.1 Å². The van der Waals surface area contributed by atoms with Crippen LogP contribution in [-0.2, 0) is 4.79 Å². The Balaban J connectivity index is 1.55. The number of rotatable bonds is 7. The number of aromatic amines is 1. The number of nitrogens with one attached hydrogen (secondary N) is 2. The zero-order chi connectivity index (χ0) is 24.1. The number of aromatic nitrogens is 2. The molecule has 0 atom stereocenters. The third kappa shape index (κ3) is 5.27. The fraction of sp³-hybridized carbons (Fsp3) is 0.115. The minimum Gasteiger partial charge on any atom is -0.493 e. The van der Waals surface area contributed by atoms with Crippen LogP contribution < -0.4 is 14.8 Å². The number of hydrogen-bond acceptors (Lipinski definition) is 5. The molecule has 0 unspecified atom stereocenters. The van der Waals surface area contributed by atoms with Crippen molar-refractivity contribution < 1.29 is 14.3 Å². The Morgan fingerprint density at radius 1 is 1.21 bits per heavy atom. The van der Waals surface area contributed by atoms with E-state index in [2.05, 4.69) is 37.3 Å². The molecule has 4 rings (SSSR count). The van der Waals surface area contributed by atoms with Crippen LogP contribution in [0.3, 0.4) is 0 Å². The third-order valence-corrected chi connectivity index (χ3v) is 5.57. The smallest absolute Gasteiger partial charge is 0.262 e. The quantitative estimate of drug-likeness (QED) is 0.305. The average molecular weight is 517 g/mol. The first-order valence-electron chi connectivity index (χ1n) is 10.4. The Labute approximate surface area is 205 Å². The van der Waals surface area contributed by atoms with Crippen molar-refractivity contribution in [1.82, 2.24) is 9.97 Å². The number of nitrogens with zero attached hydrogens (tertiary/aromatic N) is 2. The minimum atomic E-state index is -0.295. The molecule has 8 heteroatoms. The summed E-state index contributed by atoms with van der Waals surface area (Å²) in [6, 6.07) is 20.7. The number of ether oxygens (including phenoxy) is 2. The zero-order valence-corrected chi connectivity index (χ0v) is 20.1. The van der Waals surface area contributed by atoms with Crippen LogP contribution in [-0.4, -0.2) is 29.6 Å². The fourth-order valence-corrected chi connectivity index (χ4v) is 3.96. The second-order valence-corrected chi connectivity index (χ2v) is 8.37. The lowest BCUT2D eigenvalue weighted by Gasteiger charge is -2.13. The highest BCUT2D eigenvalue weighted by atomic mass is 79.9. The number of nitriles is 1. The van der Waals surface area contributed by atoms with Crippen LogP contribution in [0.25, 0.3) is 22.7 Å². The van der Waals surface area contributed by atoms with Gasteiger partial charge in [0.25, 0.3) is 5.91 Å². The van der Waals surface area contributed by atoms with E-state index >= 15 is 0 Å². The number of H-pyrrole nitrogens is 1. The predicted octanol–water partition coefficient (Wildman–Crippen LogP) is 5.72. The Morgan fingerprint density at radius 2 is 2.00 bits per heavy atom. The second-order valence-electron chi connectivity index (χ2n) is 7.51. The summed E-state index contributed by atoms with van der Waals surface area (Å²) in [6.45, 7) is 1.81. The molecule has 3 aromatic carbocycles. The first kappa shape index (κ1) is 23.1. The summed E-state index contributed by atoms with van der Waals surface area (Å²) >= 11 is 3.49. The van der Waals surface area contributed by atoms with Gasteiger partial charge in [0.2, 0.25) is 0 Å². The van der Waals surface area contributed by atoms with Gasteiger partial charge in [-0.3, -0.25) is 4.79 Å². The summed E-state index contributed by atoms with van der Waals surface area (Å²) in [6.07, 6.45) is 1.71. The Hall–Kier alpha value is -4.09. The maximum Gasteiger partial charge on any atom is 0.262 e. The van der Waals surface area contributed by atoms with E-state index in [0.29, 0.717) is 38.6 Å². The van der Waals surface area contributed by atoms with Gasteiger partial charge in [0, 0.05) is 5.69 Å². The number of carbonyl (C=O) groups excluding carboxylic acids is 1. The lowest BCUT2D eigenvalue weighted by molar-refractivity contribution is -0.118. The van der Waals surface area contributed by atoms with Crippen molar-refractivity contribution in [2.24, 2.45) is 0 Å². The standard InChI is InChI=1S/C26H21BrN4O3/c1-16-8-9-21-22(10-16)31-26(30-21)18(14-28)11-17-12-20(27)25(23(13-17)33-2)34-15-24(32)29-19-6-4-3-5-7-19/h3-13H,15H2,1-2H3,(H,29,32)(H,30,31)/b18-11-. The number of aryl methyl sites for hydroxylation is 1. The van der Waals surface area contributed by atoms with E-state index in [1.807, 2.05) is 43.3 Å². The summed E-state index contributed by atoms with van der Waals surface area (Å²) < 4.78 is 11.8. The van der Waals surface area contributed by atoms with Crippen LogP contribution in [0.1, 0.15) is 17.0 Å². The Bertz CT molecular complexity index is 1420. The van der Waals surface area contributed by atoms with Crippen LogP contribution in [0.5, 0.6) is 11.5 Å². The van der Waals surface area contributed by atoms with Crippen molar-refractivity contribution in [1.29, 1.82) is 5.26 Å². The average Bonchev–Trinajstić information content (AvgIpc) is 3.25. The summed E-state index contributed by atoms with van der Waals surface area (Å²) in [5, 5.41) is 12.5. The van der Waals surface area contributed by atoms with E-state index in [0.717, 1.165) is 16.6 Å². The molecule has 0 radical (unpaired) electrons. The molecule has 0 saturated heterocycles. The summed E-state index contributed by atoms with van der Waals surface area (Å²) in [5.41, 5.74) is 4.53. The van der Waals surface area contributed by atoms with Crippen LogP contribution in [0, 0.1) is 18.3 Å². The number of imidazole rings is 1. The van der Waals surface area contributed by atoms with Gasteiger partial charge < -0.3 is 19.8 Å². The van der Waals surface area contributed by atoms with Crippen LogP contribution in [0.4, 0.5) is 5.69 Å². The minimum absolute atomic E-state index is 0.194. The van der Waals surface area contributed by atoms with E-state index in [-0.39, 0.29) is 12.5 Å². The number of para-hydroxylation sites is 1. The molecule has 1 aromatic heterocycles. The number of allylic oxidation sites excluding steroid dienone is 1. The molecule has 0 aliphatic rings. The zero-order valence-electron chi connectivity index (χ0n) is 18.6. The number of amides is 1. The van der Waals surface area contributed by atoms with Gasteiger partial charge in [-0.25, -0.2) is 4.98 Å². The van der Waals surface area contributed by atoms with Gasteiger partial charge in [0.05, 0.1) is 28.2 Å². The van der Waals surface area contributed by atoms with E-state index in [1.54, 1.807) is 30.3 Å². The van der Waals surface area contributed by atoms with Gasteiger partial charge in [-0.05, 0) is 76.5 Å². The molecule has 170 valence electrons. The van der Waals surface area contributed by atoms with Crippen LogP contribution >= 0.6 is 15.9 Å². The molecule has 34 heavy (non-hydrogen) atoms. The summed E-state index contributed by atoms with van der Waals surface area (Å²) in [7, 11) is 1.51. The van der Waals surface area contributed by atoms with Crippen molar-refractivity contribution in [2.45, 2.75) is 6.92 Å². The number of fused-ring (bicyclic) bond motifs is 1. The highest BCUT2D eigenvalue weighted by Crippen LogP contribution is 2.37. The molecule has 0 saturated carbocycles. The Morgan fingerprint density at radius 3 is 2.74 bits per heavy atom. The largest absolute Gasteiger partial charge is 0.493 e. The van der Waals surface area contributed by atoms with Gasteiger partial charge in [-0.15, -0.1) is 0 Å². The van der Waals surface area contributed by atoms with E-state index in [9.17, 15) is 10.1 Å². The molecule has 0 bridgehead atoms. The van der Waals surface area contributed by atoms with Gasteiger partial charge in [-0.2, -0.15) is 5.26 Å². The van der Waals surface area contributed by atoms with E-state index < -0.39 is 0 Å². The molecule has 7 nitrogen and oxygen atoms in total. The third-order valence-electron chi connectivity index (χ3n) is 4.98. The molecule has 0 fully saturated rings. The number of carbonyl (C=O) groups is 1. The molecular formula is C26H21BrN4O3. The topological polar surface area (TPSA) is 100 Å². The van der Waals surface area contributed by atoms with Crippen molar-refractivity contribution in [3.8, 4) is 17.6 Å². The predicted molar refractivity (Wildman–Crippen MR) is 136 cm³/mol. The maximum absolute atomic E-state index is 12.3. The van der Waals surface area contributed by atoms with Crippen molar-refractivity contribution in [2.75, 3.05) is 19.0 Å². The highest BCUT2D eigenvalue weighted by Gasteiger charge is 2.15. The first-order valence-corrected chi connectivity index (χ1v) is 11.2. The lowest BCUT2D eigenvalue weighted by atomic mass is 10.1. The number of hydrogen-bond donors (Lipinski definition) is 2. The van der Waals surface area contributed by atoms with Crippen molar-refractivity contribution in [3.63, 3.8) is 0 Å². The molecule has 0 aliphatic carbocycles. The fourth-order valence-electron chi connectivity index (χ4n) is 3.39. The van der Waals surface area contributed by atoms with Gasteiger partial charge in [0.15, 0.2) is 18.1 Å². The SMILES string of the molecule is COc1cc(/C=C(/C#N)c2nc3ccc(C)cc3[nH]2)cc(Br)c1OCC(=O)Nc1ccccc1. The molecule has 0 aliphatic heterocycles. The second kappa shape index (κ2) is 10.2. The monoisotopic (exact) mass is 516 g/mol. The normalized spacial score (nSPS) is 11.2. The molecule has 4 aromatic rings. The van der Waals surface area contributed by atoms with E-state index in [4.69, 9.17) is 9.47 Å². The number of methoxy groups -OCH3 is 1. The molecule has 0 spiro atoms. The van der Waals surface area contributed by atoms with Gasteiger partial charge in [-0.1, -0.05) is 24.3 Å². The molecule has 1 amide bonds. The Kier molecular flexibility index (Phi) is 6.95.